The molecule has 0 bridgehead atoms. The smallest absolute Gasteiger partial charge is 0.159 e. The molecule has 0 aliphatic carbocycles. The second-order valence-corrected chi connectivity index (χ2v) is 21.0. The van der Waals surface area contributed by atoms with Crippen molar-refractivity contribution in [2.45, 2.75) is 53.4 Å². The van der Waals surface area contributed by atoms with Crippen molar-refractivity contribution < 1.29 is 9.52 Å². The van der Waals surface area contributed by atoms with E-state index >= 15 is 0 Å². The Bertz CT molecular complexity index is 4340. The van der Waals surface area contributed by atoms with Crippen molar-refractivity contribution >= 4 is 88.4 Å². The van der Waals surface area contributed by atoms with E-state index < -0.39 is 0 Å². The number of para-hydroxylation sites is 5. The van der Waals surface area contributed by atoms with Gasteiger partial charge in [-0.1, -0.05) is 198 Å². The van der Waals surface area contributed by atoms with Crippen LogP contribution in [0.2, 0.25) is 0 Å². The molecule has 0 atom stereocenters. The van der Waals surface area contributed by atoms with Crippen LogP contribution in [0.15, 0.2) is 229 Å². The van der Waals surface area contributed by atoms with E-state index in [0.29, 0.717) is 5.69 Å². The van der Waals surface area contributed by atoms with E-state index in [1.54, 1.807) is 0 Å². The Morgan fingerprint density at radius 3 is 1.36 bits per heavy atom. The fourth-order valence-corrected chi connectivity index (χ4v) is 12.1. The Hall–Kier alpha value is -9.12. The van der Waals surface area contributed by atoms with Crippen LogP contribution in [0.25, 0.3) is 87.6 Å². The zero-order valence-corrected chi connectivity index (χ0v) is 43.8. The molecule has 0 saturated heterocycles. The van der Waals surface area contributed by atoms with E-state index in [1.165, 1.54) is 54.9 Å². The number of aryl methyl sites for hydroxylation is 2. The predicted octanol–water partition coefficient (Wildman–Crippen LogP) is 21.0. The Kier molecular flexibility index (Phi) is 11.5. The SMILES string of the molecule is Cc1ccccc1-c1cccc(-c2cccc(N(c3ccccc3)c3cc(C(C)C)c4ccc5c(N(c6ccccc6)c6cccc7c6oc6c(-c8ccccc8C)cccc67)cc(C(C)C)c6ccc3c4c65)c2O)c1. The summed E-state index contributed by atoms with van der Waals surface area (Å²) in [5.41, 5.74) is 18.7. The first kappa shape index (κ1) is 46.7. The number of hydrogen-bond acceptors (Lipinski definition) is 4. The Balaban J connectivity index is 1.08. The highest BCUT2D eigenvalue weighted by Gasteiger charge is 2.29. The quantitative estimate of drug-likeness (QED) is 0.131. The van der Waals surface area contributed by atoms with Gasteiger partial charge in [-0.25, -0.2) is 0 Å². The van der Waals surface area contributed by atoms with Gasteiger partial charge < -0.3 is 19.3 Å². The number of hydrogen-bond donors (Lipinski definition) is 1. The van der Waals surface area contributed by atoms with Gasteiger partial charge in [0, 0.05) is 44.0 Å². The van der Waals surface area contributed by atoms with Crippen molar-refractivity contribution in [3.05, 3.63) is 247 Å². The summed E-state index contributed by atoms with van der Waals surface area (Å²) in [4.78, 5) is 4.70. The van der Waals surface area contributed by atoms with Gasteiger partial charge in [-0.2, -0.15) is 0 Å². The Morgan fingerprint density at radius 2 is 0.776 bits per heavy atom. The van der Waals surface area contributed by atoms with Crippen LogP contribution in [-0.2, 0) is 0 Å². The normalized spacial score (nSPS) is 11.8. The topological polar surface area (TPSA) is 39.9 Å². The Labute approximate surface area is 444 Å². The third kappa shape index (κ3) is 7.58. The summed E-state index contributed by atoms with van der Waals surface area (Å²) in [6, 6.07) is 80.3. The molecule has 13 aromatic rings. The minimum atomic E-state index is 0.185. The van der Waals surface area contributed by atoms with Crippen LogP contribution in [0.3, 0.4) is 0 Å². The van der Waals surface area contributed by atoms with Crippen molar-refractivity contribution in [2.24, 2.45) is 0 Å². The van der Waals surface area contributed by atoms with Crippen LogP contribution in [-0.4, -0.2) is 5.11 Å². The summed E-state index contributed by atoms with van der Waals surface area (Å²) in [5.74, 6) is 0.609. The molecule has 0 fully saturated rings. The zero-order valence-electron chi connectivity index (χ0n) is 43.8. The van der Waals surface area contributed by atoms with Gasteiger partial charge in [0.25, 0.3) is 0 Å². The summed E-state index contributed by atoms with van der Waals surface area (Å²) in [5, 5.41) is 22.1. The average Bonchev–Trinajstić information content (AvgIpc) is 3.84. The van der Waals surface area contributed by atoms with Gasteiger partial charge in [-0.05, 0) is 146 Å². The van der Waals surface area contributed by atoms with Gasteiger partial charge in [0.05, 0.1) is 22.7 Å². The highest BCUT2D eigenvalue weighted by molar-refractivity contribution is 6.30. The lowest BCUT2D eigenvalue weighted by Crippen LogP contribution is -2.13. The number of anilines is 6. The second-order valence-electron chi connectivity index (χ2n) is 21.0. The third-order valence-electron chi connectivity index (χ3n) is 15.7. The number of aromatic hydroxyl groups is 1. The van der Waals surface area contributed by atoms with Crippen molar-refractivity contribution in [3.63, 3.8) is 0 Å². The number of furan rings is 1. The molecule has 0 unspecified atom stereocenters. The molecule has 13 rings (SSSR count). The van der Waals surface area contributed by atoms with Crippen LogP contribution >= 0.6 is 0 Å². The molecule has 0 amide bonds. The molecule has 1 heterocycles. The van der Waals surface area contributed by atoms with Crippen LogP contribution in [0, 0.1) is 13.8 Å². The highest BCUT2D eigenvalue weighted by Crippen LogP contribution is 2.54. The molecule has 0 aliphatic heterocycles. The van der Waals surface area contributed by atoms with Crippen LogP contribution in [0.4, 0.5) is 34.1 Å². The minimum absolute atomic E-state index is 0.185. The van der Waals surface area contributed by atoms with Crippen molar-refractivity contribution in [2.75, 3.05) is 9.80 Å². The standard InChI is InChI=1S/C72H58N2O2/c1-44(2)62-42-66(73(50-25-9-7-10-26-50)64-35-19-31-54(70(64)75)49-24-17-23-48(41-49)52-29-15-13-21-46(52)5)60-39-37-56-63(45(3)4)43-67(61-40-38-55(62)68(60)69(56)61)74(51-27-11-8-12-28-51)65-36-20-34-59-58-33-18-32-57(71(58)76-72(59)65)53-30-16-14-22-47(53)6/h7-45,75H,1-6H3. The maximum atomic E-state index is 12.8. The van der Waals surface area contributed by atoms with E-state index in [-0.39, 0.29) is 17.6 Å². The molecule has 1 N–H and O–H groups in total. The number of nitrogens with zero attached hydrogens (tertiary/aromatic N) is 2. The van der Waals surface area contributed by atoms with Crippen LogP contribution < -0.4 is 9.80 Å². The maximum absolute atomic E-state index is 12.8. The highest BCUT2D eigenvalue weighted by atomic mass is 16.3. The first-order valence-electron chi connectivity index (χ1n) is 26.6. The molecule has 4 nitrogen and oxygen atoms in total. The number of rotatable bonds is 11. The predicted molar refractivity (Wildman–Crippen MR) is 322 cm³/mol. The average molecular weight is 983 g/mol. The van der Waals surface area contributed by atoms with Gasteiger partial charge in [-0.3, -0.25) is 0 Å². The van der Waals surface area contributed by atoms with Crippen LogP contribution in [0.5, 0.6) is 5.75 Å². The van der Waals surface area contributed by atoms with E-state index in [9.17, 15) is 5.11 Å². The van der Waals surface area contributed by atoms with Gasteiger partial charge in [0.2, 0.25) is 0 Å². The third-order valence-corrected chi connectivity index (χ3v) is 15.7. The lowest BCUT2D eigenvalue weighted by molar-refractivity contribution is 0.478. The fraction of sp³-hybridized carbons (Fsp3) is 0.111. The van der Waals surface area contributed by atoms with Crippen molar-refractivity contribution in [1.29, 1.82) is 0 Å². The van der Waals surface area contributed by atoms with Gasteiger partial charge in [0.1, 0.15) is 11.3 Å². The van der Waals surface area contributed by atoms with E-state index in [4.69, 9.17) is 4.42 Å². The molecule has 0 aliphatic rings. The van der Waals surface area contributed by atoms with E-state index in [2.05, 4.69) is 270 Å². The van der Waals surface area contributed by atoms with Gasteiger partial charge in [0.15, 0.2) is 5.58 Å². The van der Waals surface area contributed by atoms with Gasteiger partial charge in [-0.15, -0.1) is 0 Å². The fourth-order valence-electron chi connectivity index (χ4n) is 12.1. The first-order valence-corrected chi connectivity index (χ1v) is 26.6. The number of phenols is 1. The second kappa shape index (κ2) is 18.7. The molecule has 12 aromatic carbocycles. The van der Waals surface area contributed by atoms with Crippen LogP contribution in [0.1, 0.15) is 61.8 Å². The van der Waals surface area contributed by atoms with E-state index in [1.807, 2.05) is 6.07 Å². The summed E-state index contributed by atoms with van der Waals surface area (Å²) in [6.07, 6.45) is 0. The zero-order chi connectivity index (χ0) is 51.8. The lowest BCUT2D eigenvalue weighted by Gasteiger charge is -2.32. The molecule has 76 heavy (non-hydrogen) atoms. The maximum Gasteiger partial charge on any atom is 0.159 e. The summed E-state index contributed by atoms with van der Waals surface area (Å²) < 4.78 is 7.23. The largest absolute Gasteiger partial charge is 0.505 e. The molecule has 0 saturated carbocycles. The molecule has 0 spiro atoms. The van der Waals surface area contributed by atoms with E-state index in [0.717, 1.165) is 83.4 Å². The summed E-state index contributed by atoms with van der Waals surface area (Å²) in [6.45, 7) is 13.5. The Morgan fingerprint density at radius 1 is 0.342 bits per heavy atom. The van der Waals surface area contributed by atoms with Crippen molar-refractivity contribution in [3.8, 4) is 39.1 Å². The number of benzene rings is 12. The molecular formula is C72H58N2O2. The molecule has 368 valence electrons. The molecule has 4 heteroatoms. The van der Waals surface area contributed by atoms with Crippen molar-refractivity contribution in [1.82, 2.24) is 0 Å². The monoisotopic (exact) mass is 982 g/mol. The minimum Gasteiger partial charge on any atom is -0.505 e. The first-order chi connectivity index (χ1) is 37.1. The lowest BCUT2D eigenvalue weighted by atomic mass is 9.84. The molecule has 0 radical (unpaired) electrons. The van der Waals surface area contributed by atoms with Gasteiger partial charge >= 0.3 is 0 Å². The summed E-state index contributed by atoms with van der Waals surface area (Å²) in [7, 11) is 0. The number of phenolic OH excluding ortho intramolecular Hbond substituents is 1. The number of fused-ring (bicyclic) bond motifs is 3. The summed E-state index contributed by atoms with van der Waals surface area (Å²) >= 11 is 0. The molecule has 1 aromatic heterocycles. The molecular weight excluding hydrogens is 925 g/mol.